The van der Waals surface area contributed by atoms with Crippen LogP contribution in [0.2, 0.25) is 0 Å². The second-order valence-corrected chi connectivity index (χ2v) is 5.99. The molecule has 1 heterocycles. The van der Waals surface area contributed by atoms with Crippen molar-refractivity contribution in [3.63, 3.8) is 0 Å². The van der Waals surface area contributed by atoms with Gasteiger partial charge in [-0.3, -0.25) is 4.79 Å². The molecule has 0 bridgehead atoms. The molecule has 0 saturated carbocycles. The summed E-state index contributed by atoms with van der Waals surface area (Å²) in [5, 5.41) is 13.0. The molecular weight excluding hydrogens is 409 g/mol. The number of guanidine groups is 1. The summed E-state index contributed by atoms with van der Waals surface area (Å²) < 4.78 is 5.20. The van der Waals surface area contributed by atoms with Gasteiger partial charge in [0.25, 0.3) is 0 Å². The van der Waals surface area contributed by atoms with Gasteiger partial charge in [-0.2, -0.15) is 0 Å². The van der Waals surface area contributed by atoms with Crippen molar-refractivity contribution < 1.29 is 9.32 Å². The number of carbonyl (C=O) groups is 1. The van der Waals surface area contributed by atoms with Gasteiger partial charge in [-0.1, -0.05) is 12.1 Å². The molecule has 0 spiro atoms. The predicted molar refractivity (Wildman–Crippen MR) is 102 cm³/mol. The largest absolute Gasteiger partial charge is 0.359 e. The van der Waals surface area contributed by atoms with Gasteiger partial charge in [0.15, 0.2) is 11.7 Å². The van der Waals surface area contributed by atoms with Gasteiger partial charge in [0.2, 0.25) is 5.91 Å². The molecule has 0 saturated heterocycles. The lowest BCUT2D eigenvalue weighted by atomic mass is 10.1. The summed E-state index contributed by atoms with van der Waals surface area (Å²) in [7, 11) is 0. The van der Waals surface area contributed by atoms with Crippen LogP contribution in [0, 0.1) is 0 Å². The average molecular weight is 437 g/mol. The van der Waals surface area contributed by atoms with Gasteiger partial charge in [0.1, 0.15) is 6.54 Å². The Morgan fingerprint density at radius 2 is 2.00 bits per heavy atom. The first-order valence-electron chi connectivity index (χ1n) is 7.61. The summed E-state index contributed by atoms with van der Waals surface area (Å²) in [5.41, 5.74) is 0.665. The van der Waals surface area contributed by atoms with E-state index in [0.717, 1.165) is 17.9 Å². The van der Waals surface area contributed by atoms with Crippen LogP contribution in [-0.2, 0) is 17.8 Å². The fourth-order valence-corrected chi connectivity index (χ4v) is 1.73. The van der Waals surface area contributed by atoms with Gasteiger partial charge in [0.05, 0.1) is 12.2 Å². The first-order valence-corrected chi connectivity index (χ1v) is 7.61. The van der Waals surface area contributed by atoms with Crippen LogP contribution in [0.1, 0.15) is 46.1 Å². The highest BCUT2D eigenvalue weighted by atomic mass is 127. The van der Waals surface area contributed by atoms with Gasteiger partial charge < -0.3 is 20.5 Å². The Morgan fingerprint density at radius 3 is 2.52 bits per heavy atom. The fraction of sp³-hybridized carbons (Fsp3) is 0.667. The molecule has 0 fully saturated rings. The number of carbonyl (C=O) groups excluding carboxylic acids is 1. The highest BCUT2D eigenvalue weighted by Crippen LogP contribution is 2.03. The van der Waals surface area contributed by atoms with E-state index in [1.165, 1.54) is 0 Å². The van der Waals surface area contributed by atoms with E-state index < -0.39 is 0 Å². The molecule has 1 aromatic rings. The van der Waals surface area contributed by atoms with E-state index in [-0.39, 0.29) is 42.0 Å². The molecule has 1 aromatic heterocycles. The summed E-state index contributed by atoms with van der Waals surface area (Å²) >= 11 is 0. The van der Waals surface area contributed by atoms with Gasteiger partial charge in [-0.15, -0.1) is 24.0 Å². The van der Waals surface area contributed by atoms with Crippen molar-refractivity contribution in [2.75, 3.05) is 13.1 Å². The first-order chi connectivity index (χ1) is 10.3. The number of aryl methyl sites for hydroxylation is 1. The molecule has 0 radical (unpaired) electrons. The number of rotatable bonds is 6. The molecule has 3 N–H and O–H groups in total. The normalized spacial score (nSPS) is 11.6. The number of nitrogens with one attached hydrogen (secondary N) is 3. The summed E-state index contributed by atoms with van der Waals surface area (Å²) in [6.07, 6.45) is 0.838. The SMILES string of the molecule is CCNC(=NCC(=O)NC(C)(C)C)NCc1cc(CC)no1.I. The van der Waals surface area contributed by atoms with Crippen LogP contribution in [-0.4, -0.2) is 35.7 Å². The molecule has 23 heavy (non-hydrogen) atoms. The smallest absolute Gasteiger partial charge is 0.242 e. The van der Waals surface area contributed by atoms with E-state index in [2.05, 4.69) is 26.1 Å². The molecular formula is C15H28IN5O2. The number of hydrogen-bond donors (Lipinski definition) is 3. The Morgan fingerprint density at radius 1 is 1.30 bits per heavy atom. The molecule has 0 aliphatic rings. The van der Waals surface area contributed by atoms with Crippen LogP contribution >= 0.6 is 24.0 Å². The van der Waals surface area contributed by atoms with Crippen molar-refractivity contribution in [2.24, 2.45) is 4.99 Å². The van der Waals surface area contributed by atoms with Crippen LogP contribution in [0.4, 0.5) is 0 Å². The van der Waals surface area contributed by atoms with Crippen LogP contribution in [0.5, 0.6) is 0 Å². The predicted octanol–water partition coefficient (Wildman–Crippen LogP) is 1.82. The number of nitrogens with zero attached hydrogens (tertiary/aromatic N) is 2. The molecule has 1 amide bonds. The van der Waals surface area contributed by atoms with Crippen molar-refractivity contribution in [1.82, 2.24) is 21.1 Å². The molecule has 0 aliphatic carbocycles. The number of halogens is 1. The van der Waals surface area contributed by atoms with E-state index >= 15 is 0 Å². The van der Waals surface area contributed by atoms with E-state index in [1.54, 1.807) is 0 Å². The zero-order valence-electron chi connectivity index (χ0n) is 14.5. The van der Waals surface area contributed by atoms with E-state index in [9.17, 15) is 4.79 Å². The molecule has 0 unspecified atom stereocenters. The minimum absolute atomic E-state index is 0. The molecule has 8 heteroatoms. The molecule has 0 atom stereocenters. The first kappa shape index (κ1) is 21.7. The zero-order chi connectivity index (χ0) is 16.6. The summed E-state index contributed by atoms with van der Waals surface area (Å²) in [6.45, 7) is 11.1. The molecule has 7 nitrogen and oxygen atoms in total. The standard InChI is InChI=1S/C15H27N5O2.HI/c1-6-11-8-12(22-20-11)9-17-14(16-7-2)18-10-13(21)19-15(3,4)5;/h8H,6-7,9-10H2,1-5H3,(H,19,21)(H2,16,17,18);1H. The van der Waals surface area contributed by atoms with E-state index in [1.807, 2.05) is 40.7 Å². The number of aromatic nitrogens is 1. The highest BCUT2D eigenvalue weighted by Gasteiger charge is 2.13. The van der Waals surface area contributed by atoms with Gasteiger partial charge in [-0.05, 0) is 34.1 Å². The van der Waals surface area contributed by atoms with Crippen LogP contribution in [0.3, 0.4) is 0 Å². The lowest BCUT2D eigenvalue weighted by Crippen LogP contribution is -2.43. The van der Waals surface area contributed by atoms with Crippen molar-refractivity contribution >= 4 is 35.8 Å². The molecule has 1 rings (SSSR count). The third-order valence-corrected chi connectivity index (χ3v) is 2.64. The minimum Gasteiger partial charge on any atom is -0.359 e. The van der Waals surface area contributed by atoms with E-state index in [4.69, 9.17) is 4.52 Å². The second kappa shape index (κ2) is 10.5. The maximum Gasteiger partial charge on any atom is 0.242 e. The second-order valence-electron chi connectivity index (χ2n) is 5.99. The number of aliphatic imine (C=N–C) groups is 1. The topological polar surface area (TPSA) is 91.5 Å². The van der Waals surface area contributed by atoms with E-state index in [0.29, 0.717) is 19.0 Å². The molecule has 0 aromatic carbocycles. The number of hydrogen-bond acceptors (Lipinski definition) is 4. The average Bonchev–Trinajstić information content (AvgIpc) is 2.88. The summed E-state index contributed by atoms with van der Waals surface area (Å²) in [6, 6.07) is 1.91. The number of amides is 1. The molecule has 132 valence electrons. The third-order valence-electron chi connectivity index (χ3n) is 2.64. The van der Waals surface area contributed by atoms with Crippen LogP contribution < -0.4 is 16.0 Å². The monoisotopic (exact) mass is 437 g/mol. The Bertz CT molecular complexity index is 508. The lowest BCUT2D eigenvalue weighted by molar-refractivity contribution is -0.121. The Kier molecular flexibility index (Phi) is 9.85. The Hall–Kier alpha value is -1.32. The van der Waals surface area contributed by atoms with Crippen molar-refractivity contribution in [3.05, 3.63) is 17.5 Å². The van der Waals surface area contributed by atoms with Crippen molar-refractivity contribution in [3.8, 4) is 0 Å². The Labute approximate surface area is 155 Å². The van der Waals surface area contributed by atoms with Crippen molar-refractivity contribution in [1.29, 1.82) is 0 Å². The van der Waals surface area contributed by atoms with Gasteiger partial charge in [-0.25, -0.2) is 4.99 Å². The maximum atomic E-state index is 11.8. The Balaban J connectivity index is 0.00000484. The highest BCUT2D eigenvalue weighted by molar-refractivity contribution is 14.0. The minimum atomic E-state index is -0.255. The van der Waals surface area contributed by atoms with Crippen LogP contribution in [0.15, 0.2) is 15.6 Å². The fourth-order valence-electron chi connectivity index (χ4n) is 1.73. The van der Waals surface area contributed by atoms with Crippen molar-refractivity contribution in [2.45, 2.75) is 53.1 Å². The quantitative estimate of drug-likeness (QED) is 0.359. The summed E-state index contributed by atoms with van der Waals surface area (Å²) in [5.74, 6) is 1.19. The van der Waals surface area contributed by atoms with Gasteiger partial charge >= 0.3 is 0 Å². The third kappa shape index (κ3) is 9.42. The van der Waals surface area contributed by atoms with Crippen LogP contribution in [0.25, 0.3) is 0 Å². The maximum absolute atomic E-state index is 11.8. The zero-order valence-corrected chi connectivity index (χ0v) is 16.9. The molecule has 0 aliphatic heterocycles. The van der Waals surface area contributed by atoms with Gasteiger partial charge in [0, 0.05) is 18.2 Å². The summed E-state index contributed by atoms with van der Waals surface area (Å²) in [4.78, 5) is 16.0. The lowest BCUT2D eigenvalue weighted by Gasteiger charge is -2.20.